The van der Waals surface area contributed by atoms with Crippen molar-refractivity contribution in [3.63, 3.8) is 0 Å². The van der Waals surface area contributed by atoms with Crippen LogP contribution in [-0.2, 0) is 16.6 Å². The van der Waals surface area contributed by atoms with Crippen LogP contribution in [0.15, 0.2) is 48.5 Å². The Labute approximate surface area is 126 Å². The number of para-hydroxylation sites is 1. The van der Waals surface area contributed by atoms with E-state index in [9.17, 15) is 4.79 Å². The Morgan fingerprint density at radius 3 is 2.38 bits per heavy atom. The van der Waals surface area contributed by atoms with Gasteiger partial charge >= 0.3 is 0 Å². The first kappa shape index (κ1) is 13.9. The number of hydrogen-bond acceptors (Lipinski definition) is 1. The summed E-state index contributed by atoms with van der Waals surface area (Å²) in [6, 6.07) is 16.9. The lowest BCUT2D eigenvalue weighted by molar-refractivity contribution is -0.118. The fraction of sp³-hybridized carbons (Fsp3) is 0.316. The maximum atomic E-state index is 12.1. The van der Waals surface area contributed by atoms with Crippen molar-refractivity contribution >= 4 is 11.6 Å². The van der Waals surface area contributed by atoms with E-state index in [2.05, 4.69) is 56.3 Å². The number of benzene rings is 2. The summed E-state index contributed by atoms with van der Waals surface area (Å²) in [6.07, 6.45) is 1.45. The summed E-state index contributed by atoms with van der Waals surface area (Å²) < 4.78 is 0. The second kappa shape index (κ2) is 5.03. The van der Waals surface area contributed by atoms with Gasteiger partial charge in [0.2, 0.25) is 5.91 Å². The van der Waals surface area contributed by atoms with Crippen LogP contribution in [0.4, 0.5) is 5.69 Å². The molecule has 0 aliphatic carbocycles. The average Bonchev–Trinajstić information content (AvgIpc) is 2.51. The first-order valence-corrected chi connectivity index (χ1v) is 7.46. The summed E-state index contributed by atoms with van der Waals surface area (Å²) >= 11 is 0. The van der Waals surface area contributed by atoms with Gasteiger partial charge in [0.05, 0.1) is 5.69 Å². The van der Waals surface area contributed by atoms with E-state index in [1.54, 1.807) is 0 Å². The van der Waals surface area contributed by atoms with Crippen LogP contribution >= 0.6 is 0 Å². The topological polar surface area (TPSA) is 20.3 Å². The number of aryl methyl sites for hydroxylation is 1. The number of nitrogens with zero attached hydrogens (tertiary/aromatic N) is 1. The molecule has 21 heavy (non-hydrogen) atoms. The van der Waals surface area contributed by atoms with Gasteiger partial charge in [0.25, 0.3) is 0 Å². The second-order valence-corrected chi connectivity index (χ2v) is 6.26. The Morgan fingerprint density at radius 1 is 0.952 bits per heavy atom. The predicted molar refractivity (Wildman–Crippen MR) is 86.7 cm³/mol. The van der Waals surface area contributed by atoms with Crippen molar-refractivity contribution in [1.82, 2.24) is 0 Å². The van der Waals surface area contributed by atoms with Crippen molar-refractivity contribution in [2.45, 2.75) is 32.1 Å². The van der Waals surface area contributed by atoms with Gasteiger partial charge in [-0.2, -0.15) is 0 Å². The minimum Gasteiger partial charge on any atom is -0.315 e. The van der Waals surface area contributed by atoms with Crippen LogP contribution in [0.5, 0.6) is 0 Å². The van der Waals surface area contributed by atoms with Crippen LogP contribution in [0.25, 0.3) is 0 Å². The molecule has 1 amide bonds. The van der Waals surface area contributed by atoms with Crippen molar-refractivity contribution in [2.24, 2.45) is 0 Å². The number of anilines is 1. The normalized spacial score (nSPS) is 15.0. The monoisotopic (exact) mass is 279 g/mol. The number of amides is 1. The molecule has 0 bridgehead atoms. The highest BCUT2D eigenvalue weighted by atomic mass is 16.2. The first-order chi connectivity index (χ1) is 10.0. The van der Waals surface area contributed by atoms with Crippen LogP contribution in [0.1, 0.15) is 37.0 Å². The van der Waals surface area contributed by atoms with E-state index in [0.29, 0.717) is 6.42 Å². The van der Waals surface area contributed by atoms with Crippen molar-refractivity contribution in [3.8, 4) is 0 Å². The third kappa shape index (κ3) is 2.25. The molecule has 1 heterocycles. The fourth-order valence-electron chi connectivity index (χ4n) is 3.24. The van der Waals surface area contributed by atoms with Gasteiger partial charge in [-0.15, -0.1) is 0 Å². The number of fused-ring (bicyclic) bond motifs is 1. The zero-order valence-electron chi connectivity index (χ0n) is 12.9. The molecule has 2 nitrogen and oxygen atoms in total. The van der Waals surface area contributed by atoms with Gasteiger partial charge in [0.15, 0.2) is 0 Å². The fourth-order valence-corrected chi connectivity index (χ4v) is 3.24. The summed E-state index contributed by atoms with van der Waals surface area (Å²) in [4.78, 5) is 13.9. The predicted octanol–water partition coefficient (Wildman–Crippen LogP) is 3.92. The van der Waals surface area contributed by atoms with Gasteiger partial charge in [-0.1, -0.05) is 62.4 Å². The Balaban J connectivity index is 2.18. The minimum atomic E-state index is -0.127. The third-order valence-electron chi connectivity index (χ3n) is 4.61. The average molecular weight is 279 g/mol. The molecule has 1 aliphatic heterocycles. The highest BCUT2D eigenvalue weighted by Crippen LogP contribution is 2.41. The molecule has 0 spiro atoms. The van der Waals surface area contributed by atoms with E-state index >= 15 is 0 Å². The number of rotatable bonds is 2. The van der Waals surface area contributed by atoms with Gasteiger partial charge in [-0.3, -0.25) is 4.79 Å². The maximum absolute atomic E-state index is 12.1. The van der Waals surface area contributed by atoms with Crippen LogP contribution in [-0.4, -0.2) is 13.0 Å². The van der Waals surface area contributed by atoms with Crippen molar-refractivity contribution in [3.05, 3.63) is 65.2 Å². The van der Waals surface area contributed by atoms with E-state index in [-0.39, 0.29) is 11.3 Å². The molecule has 0 saturated heterocycles. The molecule has 2 aromatic rings. The molecular weight excluding hydrogens is 258 g/mol. The van der Waals surface area contributed by atoms with E-state index < -0.39 is 0 Å². The van der Waals surface area contributed by atoms with Gasteiger partial charge in [-0.25, -0.2) is 0 Å². The van der Waals surface area contributed by atoms with Crippen molar-refractivity contribution < 1.29 is 4.79 Å². The van der Waals surface area contributed by atoms with Crippen LogP contribution in [0.2, 0.25) is 0 Å². The minimum absolute atomic E-state index is 0.127. The Morgan fingerprint density at radius 2 is 1.67 bits per heavy atom. The largest absolute Gasteiger partial charge is 0.315 e. The molecule has 0 saturated carbocycles. The molecule has 3 rings (SSSR count). The lowest BCUT2D eigenvalue weighted by Gasteiger charge is -2.35. The van der Waals surface area contributed by atoms with Gasteiger partial charge < -0.3 is 4.90 Å². The smallest absolute Gasteiger partial charge is 0.227 e. The number of carbonyl (C=O) groups excluding carboxylic acids is 1. The molecule has 0 aromatic heterocycles. The molecule has 0 N–H and O–H groups in total. The lowest BCUT2D eigenvalue weighted by atomic mass is 9.75. The van der Waals surface area contributed by atoms with E-state index in [0.717, 1.165) is 12.1 Å². The van der Waals surface area contributed by atoms with E-state index in [1.165, 1.54) is 16.7 Å². The molecule has 0 unspecified atom stereocenters. The quantitative estimate of drug-likeness (QED) is 0.816. The second-order valence-electron chi connectivity index (χ2n) is 6.26. The Hall–Kier alpha value is -2.09. The zero-order chi connectivity index (χ0) is 15.0. The van der Waals surface area contributed by atoms with Gasteiger partial charge in [0, 0.05) is 18.9 Å². The summed E-state index contributed by atoms with van der Waals surface area (Å²) in [6.45, 7) is 4.45. The molecule has 2 aromatic carbocycles. The molecule has 2 heteroatoms. The summed E-state index contributed by atoms with van der Waals surface area (Å²) in [5.74, 6) is 0.207. The third-order valence-corrected chi connectivity index (χ3v) is 4.61. The van der Waals surface area contributed by atoms with Crippen LogP contribution in [0.3, 0.4) is 0 Å². The van der Waals surface area contributed by atoms with E-state index in [4.69, 9.17) is 0 Å². The Kier molecular flexibility index (Phi) is 3.32. The van der Waals surface area contributed by atoms with Gasteiger partial charge in [0.1, 0.15) is 0 Å². The molecule has 1 aliphatic rings. The highest BCUT2D eigenvalue weighted by Gasteiger charge is 2.31. The van der Waals surface area contributed by atoms with E-state index in [1.807, 2.05) is 18.0 Å². The summed E-state index contributed by atoms with van der Waals surface area (Å²) in [5, 5.41) is 0. The number of hydrogen-bond donors (Lipinski definition) is 0. The summed E-state index contributed by atoms with van der Waals surface area (Å²) in [7, 11) is 1.89. The molecule has 0 radical (unpaired) electrons. The highest BCUT2D eigenvalue weighted by molar-refractivity contribution is 5.97. The van der Waals surface area contributed by atoms with Crippen LogP contribution < -0.4 is 4.90 Å². The zero-order valence-corrected chi connectivity index (χ0v) is 12.9. The molecular formula is C19H21NO. The van der Waals surface area contributed by atoms with Crippen molar-refractivity contribution in [2.75, 3.05) is 11.9 Å². The van der Waals surface area contributed by atoms with Crippen molar-refractivity contribution in [1.29, 1.82) is 0 Å². The first-order valence-electron chi connectivity index (χ1n) is 7.46. The lowest BCUT2D eigenvalue weighted by Crippen LogP contribution is -2.34. The Bertz CT molecular complexity index is 673. The maximum Gasteiger partial charge on any atom is 0.227 e. The summed E-state index contributed by atoms with van der Waals surface area (Å²) in [5.41, 5.74) is 4.74. The molecule has 0 atom stereocenters. The SMILES string of the molecule is CN1C(=O)CCc2cccc(C(C)(C)c3ccccc3)c21. The van der Waals surface area contributed by atoms with Gasteiger partial charge in [-0.05, 0) is 23.1 Å². The number of carbonyl (C=O) groups is 1. The molecule has 108 valence electrons. The van der Waals surface area contributed by atoms with Crippen LogP contribution in [0, 0.1) is 0 Å². The molecule has 0 fully saturated rings. The standard InChI is InChI=1S/C19H21NO/c1-19(2,15-9-5-4-6-10-15)16-11-7-8-14-12-13-17(21)20(3)18(14)16/h4-11H,12-13H2,1-3H3.